The van der Waals surface area contributed by atoms with Crippen molar-refractivity contribution < 1.29 is 13.3 Å². The van der Waals surface area contributed by atoms with Crippen LogP contribution in [0.5, 0.6) is 0 Å². The van der Waals surface area contributed by atoms with Crippen LogP contribution in [-0.4, -0.2) is 0 Å². The van der Waals surface area contributed by atoms with Crippen LogP contribution >= 0.6 is 0 Å². The minimum atomic E-state index is -0.232. The number of nitrogens with one attached hydrogen (secondary N) is 3. The summed E-state index contributed by atoms with van der Waals surface area (Å²) in [7, 11) is 0. The monoisotopic (exact) mass is 661 g/mol. The molecule has 3 unspecified atom stereocenters. The highest BCUT2D eigenvalue weighted by atomic mass is 16.3. The molecule has 0 radical (unpaired) electrons. The molecule has 11 rings (SSSR count). The lowest BCUT2D eigenvalue weighted by atomic mass is 9.99. The zero-order valence-electron chi connectivity index (χ0n) is 27.4. The zero-order chi connectivity index (χ0) is 33.5. The highest BCUT2D eigenvalue weighted by Gasteiger charge is 2.32. The van der Waals surface area contributed by atoms with E-state index in [1.165, 1.54) is 0 Å². The lowest BCUT2D eigenvalue weighted by Crippen LogP contribution is -2.54. The molecule has 0 aliphatic carbocycles. The van der Waals surface area contributed by atoms with Gasteiger partial charge in [-0.25, -0.2) is 0 Å². The summed E-state index contributed by atoms with van der Waals surface area (Å²) in [4.78, 5) is 0. The molecule has 4 heterocycles. The molecule has 6 heteroatoms. The highest BCUT2D eigenvalue weighted by molar-refractivity contribution is 6.15. The van der Waals surface area contributed by atoms with Gasteiger partial charge in [-0.05, 0) is 35.4 Å². The fourth-order valence-corrected chi connectivity index (χ4v) is 8.02. The summed E-state index contributed by atoms with van der Waals surface area (Å²) in [5.74, 6) is 0. The van der Waals surface area contributed by atoms with E-state index in [-0.39, 0.29) is 18.5 Å². The molecule has 0 spiro atoms. The molecule has 3 N–H and O–H groups in total. The molecule has 3 atom stereocenters. The van der Waals surface area contributed by atoms with Crippen molar-refractivity contribution in [3.8, 4) is 11.1 Å². The summed E-state index contributed by atoms with van der Waals surface area (Å²) >= 11 is 0. The summed E-state index contributed by atoms with van der Waals surface area (Å²) < 4.78 is 19.6. The number of hydrogen-bond donors (Lipinski definition) is 3. The Labute approximate surface area is 292 Å². The van der Waals surface area contributed by atoms with E-state index < -0.39 is 0 Å². The smallest absolute Gasteiger partial charge is 0.143 e. The molecule has 244 valence electrons. The van der Waals surface area contributed by atoms with E-state index in [1.54, 1.807) is 0 Å². The zero-order valence-corrected chi connectivity index (χ0v) is 27.4. The Kier molecular flexibility index (Phi) is 6.27. The van der Waals surface area contributed by atoms with Crippen LogP contribution in [-0.2, 0) is 0 Å². The van der Waals surface area contributed by atoms with Crippen molar-refractivity contribution in [2.24, 2.45) is 0 Å². The second-order valence-corrected chi connectivity index (χ2v) is 13.4. The number of rotatable bonds is 4. The Balaban J connectivity index is 1.05. The van der Waals surface area contributed by atoms with E-state index >= 15 is 0 Å². The molecular weight excluding hydrogens is 631 g/mol. The van der Waals surface area contributed by atoms with Crippen LogP contribution in [0.1, 0.15) is 35.2 Å². The molecular formula is C45H31N3O3. The Hall–Kier alpha value is -6.18. The molecule has 0 amide bonds. The van der Waals surface area contributed by atoms with Crippen LogP contribution in [0.3, 0.4) is 0 Å². The molecule has 6 nitrogen and oxygen atoms in total. The van der Waals surface area contributed by atoms with E-state index in [4.69, 9.17) is 13.3 Å². The van der Waals surface area contributed by atoms with Gasteiger partial charge in [-0.2, -0.15) is 0 Å². The van der Waals surface area contributed by atoms with Crippen molar-refractivity contribution in [2.45, 2.75) is 18.5 Å². The first-order valence-corrected chi connectivity index (χ1v) is 17.4. The second kappa shape index (κ2) is 11.2. The summed E-state index contributed by atoms with van der Waals surface area (Å²) in [5, 5.41) is 18.1. The van der Waals surface area contributed by atoms with Crippen LogP contribution in [0.4, 0.5) is 0 Å². The van der Waals surface area contributed by atoms with Gasteiger partial charge in [0.05, 0.1) is 18.5 Å². The van der Waals surface area contributed by atoms with Gasteiger partial charge in [-0.15, -0.1) is 0 Å². The number of benzene rings is 7. The topological polar surface area (TPSA) is 75.5 Å². The molecule has 1 fully saturated rings. The highest BCUT2D eigenvalue weighted by Crippen LogP contribution is 2.43. The third-order valence-corrected chi connectivity index (χ3v) is 10.4. The van der Waals surface area contributed by atoms with Gasteiger partial charge in [0.2, 0.25) is 0 Å². The summed E-state index contributed by atoms with van der Waals surface area (Å²) in [5.41, 5.74) is 10.6. The molecule has 1 saturated heterocycles. The average Bonchev–Trinajstić information content (AvgIpc) is 3.89. The standard InChI is InChI=1S/C45H31N3O3/c1-2-11-26(12-3-1)43-46-44(27-23-24-39-36(25-27)29-14-5-6-21-37(29)49-39)48-45(47-43)35-20-10-19-34-33-18-9-17-32(41(33)51-42(34)35)31-16-8-15-30-28-13-4-7-22-38(28)50-40(30)31/h1-25,43-48H. The Morgan fingerprint density at radius 2 is 0.863 bits per heavy atom. The van der Waals surface area contributed by atoms with Crippen LogP contribution in [0.2, 0.25) is 0 Å². The largest absolute Gasteiger partial charge is 0.456 e. The van der Waals surface area contributed by atoms with Crippen molar-refractivity contribution in [3.63, 3.8) is 0 Å². The number of hydrogen-bond acceptors (Lipinski definition) is 6. The minimum Gasteiger partial charge on any atom is -0.456 e. The molecule has 3 aromatic heterocycles. The molecule has 0 bridgehead atoms. The first kappa shape index (κ1) is 28.6. The Morgan fingerprint density at radius 1 is 0.333 bits per heavy atom. The number of para-hydroxylation sites is 5. The van der Waals surface area contributed by atoms with Crippen molar-refractivity contribution in [2.75, 3.05) is 0 Å². The molecule has 10 aromatic rings. The first-order valence-electron chi connectivity index (χ1n) is 17.4. The third-order valence-electron chi connectivity index (χ3n) is 10.4. The molecule has 7 aromatic carbocycles. The molecule has 1 aliphatic rings. The van der Waals surface area contributed by atoms with Crippen LogP contribution in [0.15, 0.2) is 165 Å². The van der Waals surface area contributed by atoms with E-state index in [9.17, 15) is 0 Å². The second-order valence-electron chi connectivity index (χ2n) is 13.4. The van der Waals surface area contributed by atoms with Gasteiger partial charge in [0.15, 0.2) is 0 Å². The lowest BCUT2D eigenvalue weighted by molar-refractivity contribution is 0.203. The Morgan fingerprint density at radius 3 is 1.63 bits per heavy atom. The predicted octanol–water partition coefficient (Wildman–Crippen LogP) is 11.2. The van der Waals surface area contributed by atoms with Crippen LogP contribution in [0.25, 0.3) is 76.9 Å². The summed E-state index contributed by atoms with van der Waals surface area (Å²) in [6.07, 6.45) is -0.523. The van der Waals surface area contributed by atoms with Gasteiger partial charge in [0.25, 0.3) is 0 Å². The average molecular weight is 662 g/mol. The van der Waals surface area contributed by atoms with Crippen molar-refractivity contribution >= 4 is 65.8 Å². The number of fused-ring (bicyclic) bond motifs is 9. The number of furan rings is 3. The van der Waals surface area contributed by atoms with Gasteiger partial charge >= 0.3 is 0 Å². The van der Waals surface area contributed by atoms with E-state index in [1.807, 2.05) is 24.3 Å². The maximum atomic E-state index is 6.97. The third kappa shape index (κ3) is 4.48. The van der Waals surface area contributed by atoms with Gasteiger partial charge in [-0.3, -0.25) is 16.0 Å². The van der Waals surface area contributed by atoms with Gasteiger partial charge in [0, 0.05) is 49.0 Å². The molecule has 1 aliphatic heterocycles. The van der Waals surface area contributed by atoms with Gasteiger partial charge < -0.3 is 13.3 Å². The fraction of sp³-hybridized carbons (Fsp3) is 0.0667. The summed E-state index contributed by atoms with van der Waals surface area (Å²) in [6.45, 7) is 0. The van der Waals surface area contributed by atoms with E-state index in [2.05, 4.69) is 143 Å². The molecule has 0 saturated carbocycles. The quantitative estimate of drug-likeness (QED) is 0.174. The fourth-order valence-electron chi connectivity index (χ4n) is 8.02. The van der Waals surface area contributed by atoms with Crippen LogP contribution < -0.4 is 16.0 Å². The minimum absolute atomic E-state index is 0.125. The SMILES string of the molecule is c1ccc(C2NC(c3ccc4oc5ccccc5c4c3)NC(c3cccc4c3oc3c(-c5cccc6c5oc5ccccc56)cccc34)N2)cc1. The normalized spacial score (nSPS) is 18.2. The van der Waals surface area contributed by atoms with Crippen molar-refractivity contribution in [3.05, 3.63) is 168 Å². The van der Waals surface area contributed by atoms with Gasteiger partial charge in [0.1, 0.15) is 33.5 Å². The lowest BCUT2D eigenvalue weighted by Gasteiger charge is -2.39. The van der Waals surface area contributed by atoms with Crippen LogP contribution in [0, 0.1) is 0 Å². The van der Waals surface area contributed by atoms with Gasteiger partial charge in [-0.1, -0.05) is 127 Å². The predicted molar refractivity (Wildman–Crippen MR) is 204 cm³/mol. The van der Waals surface area contributed by atoms with E-state index in [0.29, 0.717) is 0 Å². The van der Waals surface area contributed by atoms with E-state index in [0.717, 1.165) is 93.6 Å². The first-order chi connectivity index (χ1) is 25.3. The van der Waals surface area contributed by atoms with Crippen molar-refractivity contribution in [1.29, 1.82) is 0 Å². The maximum absolute atomic E-state index is 6.97. The Bertz CT molecular complexity index is 2940. The maximum Gasteiger partial charge on any atom is 0.143 e. The summed E-state index contributed by atoms with van der Waals surface area (Å²) in [6, 6.07) is 52.6. The molecule has 51 heavy (non-hydrogen) atoms. The van der Waals surface area contributed by atoms with Crippen molar-refractivity contribution in [1.82, 2.24) is 16.0 Å².